The summed E-state index contributed by atoms with van der Waals surface area (Å²) in [5, 5.41) is 0.758. The molecule has 0 amide bonds. The fourth-order valence-corrected chi connectivity index (χ4v) is 3.37. The zero-order valence-electron chi connectivity index (χ0n) is 13.2. The van der Waals surface area contributed by atoms with Gasteiger partial charge in [-0.05, 0) is 51.2 Å². The lowest BCUT2D eigenvalue weighted by Gasteiger charge is -2.08. The second-order valence-corrected chi connectivity index (χ2v) is 7.27. The van der Waals surface area contributed by atoms with Crippen LogP contribution in [-0.4, -0.2) is 25.7 Å². The zero-order valence-corrected chi connectivity index (χ0v) is 14.8. The third kappa shape index (κ3) is 4.84. The molecule has 0 aromatic carbocycles. The van der Waals surface area contributed by atoms with Crippen LogP contribution >= 0.6 is 24.0 Å². The van der Waals surface area contributed by atoms with E-state index in [9.17, 15) is 4.79 Å². The van der Waals surface area contributed by atoms with Crippen LogP contribution in [-0.2, 0) is 0 Å². The Hall–Kier alpha value is -1.34. The number of fused-ring (bicyclic) bond motifs is 1. The molecule has 2 rings (SSSR count). The number of aromatic nitrogens is 4. The van der Waals surface area contributed by atoms with Crippen molar-refractivity contribution >= 4 is 35.1 Å². The molecule has 0 fully saturated rings. The van der Waals surface area contributed by atoms with Crippen LogP contribution in [0.2, 0.25) is 0 Å². The lowest BCUT2D eigenvalue weighted by Crippen LogP contribution is -2.07. The van der Waals surface area contributed by atoms with Gasteiger partial charge in [-0.1, -0.05) is 30.3 Å². The molecule has 5 nitrogen and oxygen atoms in total. The molecule has 0 bridgehead atoms. The Bertz CT molecular complexity index is 768. The first-order valence-electron chi connectivity index (χ1n) is 7.44. The maximum absolute atomic E-state index is 11.7. The van der Waals surface area contributed by atoms with Crippen molar-refractivity contribution in [3.8, 4) is 0 Å². The highest BCUT2D eigenvalue weighted by atomic mass is 32.2. The number of thioether (sulfide) groups is 1. The third-order valence-electron chi connectivity index (χ3n) is 3.43. The quantitative estimate of drug-likeness (QED) is 0.402. The van der Waals surface area contributed by atoms with E-state index in [4.69, 9.17) is 12.2 Å². The molecule has 0 unspecified atom stereocenters. The number of H-pyrrole nitrogens is 3. The van der Waals surface area contributed by atoms with E-state index in [1.807, 2.05) is 0 Å². The van der Waals surface area contributed by atoms with Crippen molar-refractivity contribution in [2.75, 3.05) is 5.75 Å². The molecule has 0 aliphatic carbocycles. The van der Waals surface area contributed by atoms with Gasteiger partial charge in [0.25, 0.3) is 5.56 Å². The molecule has 0 radical (unpaired) electrons. The van der Waals surface area contributed by atoms with E-state index in [-0.39, 0.29) is 5.56 Å². The predicted octanol–water partition coefficient (Wildman–Crippen LogP) is 4.17. The molecule has 7 heteroatoms. The van der Waals surface area contributed by atoms with Crippen molar-refractivity contribution in [2.24, 2.45) is 5.92 Å². The number of rotatable bonds is 7. The Morgan fingerprint density at radius 1 is 1.32 bits per heavy atom. The van der Waals surface area contributed by atoms with Gasteiger partial charge in [-0.25, -0.2) is 4.98 Å². The molecular formula is C15H22N4OS2. The Kier molecular flexibility index (Phi) is 6.02. The van der Waals surface area contributed by atoms with Crippen LogP contribution in [0.5, 0.6) is 0 Å². The van der Waals surface area contributed by atoms with Crippen molar-refractivity contribution in [3.05, 3.63) is 26.8 Å². The Morgan fingerprint density at radius 2 is 2.09 bits per heavy atom. The van der Waals surface area contributed by atoms with E-state index in [2.05, 4.69) is 46.8 Å². The maximum Gasteiger partial charge on any atom is 0.277 e. The predicted molar refractivity (Wildman–Crippen MR) is 95.1 cm³/mol. The average Bonchev–Trinajstić information content (AvgIpc) is 2.81. The molecule has 22 heavy (non-hydrogen) atoms. The average molecular weight is 339 g/mol. The molecule has 3 N–H and O–H groups in total. The van der Waals surface area contributed by atoms with E-state index in [0.717, 1.165) is 23.8 Å². The largest absolute Gasteiger partial charge is 0.327 e. The van der Waals surface area contributed by atoms with E-state index in [0.29, 0.717) is 21.9 Å². The summed E-state index contributed by atoms with van der Waals surface area (Å²) >= 11 is 6.58. The molecule has 2 aromatic heterocycles. The first kappa shape index (κ1) is 17.0. The minimum atomic E-state index is -0.229. The standard InChI is InChI=1S/C15H22N4OS2/c1-9(2)5-4-6-10(3)7-8-22-15-16-11-12(18-15)17-14(21)19-13(11)20/h5,10H,4,6-8H2,1-3H3,(H3,16,17,18,19,20,21)/t10-/m1/s1. The highest BCUT2D eigenvalue weighted by Crippen LogP contribution is 2.21. The van der Waals surface area contributed by atoms with Gasteiger partial charge in [0, 0.05) is 5.75 Å². The summed E-state index contributed by atoms with van der Waals surface area (Å²) in [4.78, 5) is 24.6. The van der Waals surface area contributed by atoms with Gasteiger partial charge >= 0.3 is 0 Å². The van der Waals surface area contributed by atoms with Crippen LogP contribution in [0.15, 0.2) is 21.6 Å². The van der Waals surface area contributed by atoms with Gasteiger partial charge in [0.2, 0.25) is 0 Å². The monoisotopic (exact) mass is 338 g/mol. The summed E-state index contributed by atoms with van der Waals surface area (Å²) in [5.41, 5.74) is 2.13. The number of imidazole rings is 1. The van der Waals surface area contributed by atoms with E-state index in [1.165, 1.54) is 12.0 Å². The molecule has 1 atom stereocenters. The van der Waals surface area contributed by atoms with E-state index in [1.54, 1.807) is 11.8 Å². The number of hydrogen-bond acceptors (Lipinski definition) is 4. The summed E-state index contributed by atoms with van der Waals surface area (Å²) in [7, 11) is 0. The minimum absolute atomic E-state index is 0.229. The highest BCUT2D eigenvalue weighted by Gasteiger charge is 2.08. The van der Waals surface area contributed by atoms with Crippen LogP contribution in [0, 0.1) is 10.7 Å². The van der Waals surface area contributed by atoms with Crippen LogP contribution in [0.3, 0.4) is 0 Å². The van der Waals surface area contributed by atoms with Crippen molar-refractivity contribution in [1.82, 2.24) is 19.9 Å². The maximum atomic E-state index is 11.7. The number of hydrogen-bond donors (Lipinski definition) is 3. The Balaban J connectivity index is 1.87. The smallest absolute Gasteiger partial charge is 0.277 e. The molecular weight excluding hydrogens is 316 g/mol. The highest BCUT2D eigenvalue weighted by molar-refractivity contribution is 7.99. The second-order valence-electron chi connectivity index (χ2n) is 5.77. The minimum Gasteiger partial charge on any atom is -0.327 e. The number of nitrogens with zero attached hydrogens (tertiary/aromatic N) is 1. The molecule has 0 saturated heterocycles. The first-order chi connectivity index (χ1) is 10.5. The van der Waals surface area contributed by atoms with Crippen LogP contribution in [0.4, 0.5) is 0 Å². The van der Waals surface area contributed by atoms with Gasteiger partial charge < -0.3 is 9.97 Å². The summed E-state index contributed by atoms with van der Waals surface area (Å²) in [5.74, 6) is 1.66. The first-order valence-corrected chi connectivity index (χ1v) is 8.83. The molecule has 2 aromatic rings. The normalized spacial score (nSPS) is 12.5. The van der Waals surface area contributed by atoms with Crippen molar-refractivity contribution in [2.45, 2.75) is 45.2 Å². The summed E-state index contributed by atoms with van der Waals surface area (Å²) < 4.78 is 0.299. The van der Waals surface area contributed by atoms with Crippen molar-refractivity contribution in [1.29, 1.82) is 0 Å². The number of nitrogens with one attached hydrogen (secondary N) is 3. The number of allylic oxidation sites excluding steroid dienone is 2. The van der Waals surface area contributed by atoms with Crippen LogP contribution < -0.4 is 5.56 Å². The van der Waals surface area contributed by atoms with Crippen molar-refractivity contribution in [3.63, 3.8) is 0 Å². The molecule has 2 heterocycles. The van der Waals surface area contributed by atoms with Crippen LogP contribution in [0.1, 0.15) is 40.0 Å². The molecule has 0 aliphatic rings. The summed E-state index contributed by atoms with van der Waals surface area (Å²) in [6, 6.07) is 0. The molecule has 0 aliphatic heterocycles. The van der Waals surface area contributed by atoms with E-state index >= 15 is 0 Å². The van der Waals surface area contributed by atoms with E-state index < -0.39 is 0 Å². The Morgan fingerprint density at radius 3 is 2.82 bits per heavy atom. The number of aromatic amines is 3. The van der Waals surface area contributed by atoms with Gasteiger partial charge in [0.1, 0.15) is 5.52 Å². The van der Waals surface area contributed by atoms with Crippen LogP contribution in [0.25, 0.3) is 11.2 Å². The third-order valence-corrected chi connectivity index (χ3v) is 4.54. The van der Waals surface area contributed by atoms with Gasteiger partial charge in [0.15, 0.2) is 15.6 Å². The van der Waals surface area contributed by atoms with Gasteiger partial charge in [-0.3, -0.25) is 9.78 Å². The topological polar surface area (TPSA) is 77.3 Å². The second kappa shape index (κ2) is 7.78. The zero-order chi connectivity index (χ0) is 16.1. The van der Waals surface area contributed by atoms with Gasteiger partial charge in [-0.2, -0.15) is 0 Å². The summed E-state index contributed by atoms with van der Waals surface area (Å²) in [6.45, 7) is 6.55. The lowest BCUT2D eigenvalue weighted by molar-refractivity contribution is 0.525. The fraction of sp³-hybridized carbons (Fsp3) is 0.533. The fourth-order valence-electron chi connectivity index (χ4n) is 2.14. The SMILES string of the molecule is CC(C)=CCC[C@@H](C)CCSc1nc2[nH]c(=S)[nH]c(=O)c2[nH]1. The van der Waals surface area contributed by atoms with Gasteiger partial charge in [0.05, 0.1) is 0 Å². The van der Waals surface area contributed by atoms with Crippen molar-refractivity contribution < 1.29 is 0 Å². The van der Waals surface area contributed by atoms with Gasteiger partial charge in [-0.15, -0.1) is 0 Å². The lowest BCUT2D eigenvalue weighted by atomic mass is 10.0. The Labute approximate surface area is 139 Å². The summed E-state index contributed by atoms with van der Waals surface area (Å²) in [6.07, 6.45) is 5.77. The molecule has 0 saturated carbocycles. The molecule has 120 valence electrons. The molecule has 0 spiro atoms.